The van der Waals surface area contributed by atoms with Crippen molar-refractivity contribution in [2.24, 2.45) is 0 Å². The number of anilines is 1. The van der Waals surface area contributed by atoms with Gasteiger partial charge in [0.1, 0.15) is 10.8 Å². The number of aromatic nitrogens is 2. The molecule has 1 aromatic heterocycles. The highest BCUT2D eigenvalue weighted by molar-refractivity contribution is 7.89. The molecule has 0 saturated carbocycles. The number of hydrogen-bond acceptors (Lipinski definition) is 8. The molecule has 0 saturated heterocycles. The second-order valence-corrected chi connectivity index (χ2v) is 10.3. The third-order valence-corrected chi connectivity index (χ3v) is 7.23. The van der Waals surface area contributed by atoms with E-state index in [0.717, 1.165) is 12.8 Å². The van der Waals surface area contributed by atoms with Gasteiger partial charge in [0.15, 0.2) is 0 Å². The van der Waals surface area contributed by atoms with Crippen LogP contribution in [-0.4, -0.2) is 50.6 Å². The van der Waals surface area contributed by atoms with Crippen LogP contribution >= 0.6 is 11.3 Å². The largest absolute Gasteiger partial charge is 0.497 e. The van der Waals surface area contributed by atoms with E-state index in [9.17, 15) is 18.0 Å². The summed E-state index contributed by atoms with van der Waals surface area (Å²) >= 11 is 1.18. The molecule has 0 radical (unpaired) electrons. The first-order chi connectivity index (χ1) is 16.8. The fourth-order valence-corrected chi connectivity index (χ4v) is 4.85. The molecule has 35 heavy (non-hydrogen) atoms. The van der Waals surface area contributed by atoms with Crippen molar-refractivity contribution in [1.29, 1.82) is 0 Å². The minimum atomic E-state index is -3.70. The summed E-state index contributed by atoms with van der Waals surface area (Å²) in [5, 5.41) is 14.3. The van der Waals surface area contributed by atoms with Gasteiger partial charge in [0.05, 0.1) is 12.0 Å². The van der Waals surface area contributed by atoms with E-state index in [-0.39, 0.29) is 21.5 Å². The van der Waals surface area contributed by atoms with Gasteiger partial charge in [-0.15, -0.1) is 10.2 Å². The van der Waals surface area contributed by atoms with Crippen LogP contribution in [0.3, 0.4) is 0 Å². The number of unbranched alkanes of at least 4 members (excludes halogenated alkanes) is 1. The second-order valence-electron chi connectivity index (χ2n) is 7.47. The molecule has 12 heteroatoms. The van der Waals surface area contributed by atoms with E-state index in [4.69, 9.17) is 4.74 Å². The maximum Gasteiger partial charge on any atom is 0.257 e. The van der Waals surface area contributed by atoms with Crippen LogP contribution < -0.4 is 20.1 Å². The molecule has 1 heterocycles. The lowest BCUT2D eigenvalue weighted by molar-refractivity contribution is 0.0952. The van der Waals surface area contributed by atoms with Gasteiger partial charge in [0.2, 0.25) is 15.2 Å². The molecule has 0 fully saturated rings. The Morgan fingerprint density at radius 3 is 2.49 bits per heavy atom. The summed E-state index contributed by atoms with van der Waals surface area (Å²) in [5.41, 5.74) is 0.671. The topological polar surface area (TPSA) is 139 Å². The van der Waals surface area contributed by atoms with Crippen LogP contribution in [0.4, 0.5) is 5.13 Å². The van der Waals surface area contributed by atoms with E-state index in [1.165, 1.54) is 42.7 Å². The smallest absolute Gasteiger partial charge is 0.257 e. The summed E-state index contributed by atoms with van der Waals surface area (Å²) in [4.78, 5) is 24.9. The van der Waals surface area contributed by atoms with Crippen LogP contribution in [0.1, 0.15) is 45.5 Å². The zero-order valence-electron chi connectivity index (χ0n) is 19.4. The lowest BCUT2D eigenvalue weighted by Crippen LogP contribution is -2.25. The minimum absolute atomic E-state index is 0.0194. The summed E-state index contributed by atoms with van der Waals surface area (Å²) in [6.45, 7) is 2.64. The van der Waals surface area contributed by atoms with E-state index in [1.807, 2.05) is 6.92 Å². The molecule has 3 N–H and O–H groups in total. The Labute approximate surface area is 208 Å². The average molecular weight is 518 g/mol. The normalized spacial score (nSPS) is 11.1. The van der Waals surface area contributed by atoms with Crippen LogP contribution in [0, 0.1) is 0 Å². The van der Waals surface area contributed by atoms with Gasteiger partial charge < -0.3 is 10.1 Å². The Morgan fingerprint density at radius 1 is 1.00 bits per heavy atom. The van der Waals surface area contributed by atoms with Crippen molar-refractivity contribution in [1.82, 2.24) is 20.2 Å². The standard InChI is InChI=1S/C23H27N5O5S2/c1-3-4-12-25-35(31,32)19-10-6-8-17(15-19)22(30)26-23-28-27-20(34-23)11-13-24-21(29)16-7-5-9-18(14-16)33-2/h5-10,14-15,25H,3-4,11-13H2,1-2H3,(H,24,29)(H,26,28,30). The number of nitrogens with zero attached hydrogens (tertiary/aromatic N) is 2. The number of ether oxygens (including phenoxy) is 1. The Hall–Kier alpha value is -3.35. The average Bonchev–Trinajstić information content (AvgIpc) is 3.31. The van der Waals surface area contributed by atoms with Crippen LogP contribution in [0.25, 0.3) is 0 Å². The van der Waals surface area contributed by atoms with Gasteiger partial charge in [-0.3, -0.25) is 14.9 Å². The van der Waals surface area contributed by atoms with E-state index in [2.05, 4.69) is 25.6 Å². The molecular weight excluding hydrogens is 490 g/mol. The van der Waals surface area contributed by atoms with Crippen molar-refractivity contribution in [2.75, 3.05) is 25.5 Å². The number of methoxy groups -OCH3 is 1. The van der Waals surface area contributed by atoms with Crippen molar-refractivity contribution < 1.29 is 22.7 Å². The maximum atomic E-state index is 12.6. The Balaban J connectivity index is 1.54. The van der Waals surface area contributed by atoms with Crippen LogP contribution in [0.15, 0.2) is 53.4 Å². The first kappa shape index (κ1) is 26.3. The van der Waals surface area contributed by atoms with Gasteiger partial charge in [0, 0.05) is 30.6 Å². The number of carbonyl (C=O) groups excluding carboxylic acids is 2. The molecule has 0 aliphatic rings. The zero-order valence-corrected chi connectivity index (χ0v) is 21.0. The minimum Gasteiger partial charge on any atom is -0.497 e. The monoisotopic (exact) mass is 517 g/mol. The number of amides is 2. The molecule has 0 aliphatic heterocycles. The van der Waals surface area contributed by atoms with E-state index >= 15 is 0 Å². The predicted molar refractivity (Wildman–Crippen MR) is 133 cm³/mol. The molecule has 186 valence electrons. The first-order valence-corrected chi connectivity index (χ1v) is 13.3. The third kappa shape index (κ3) is 7.57. The predicted octanol–water partition coefficient (Wildman–Crippen LogP) is 2.85. The van der Waals surface area contributed by atoms with Gasteiger partial charge in [0.25, 0.3) is 11.8 Å². The number of rotatable bonds is 12. The fourth-order valence-electron chi connectivity index (χ4n) is 2.99. The Bertz CT molecular complexity index is 1280. The Kier molecular flexibility index (Phi) is 9.29. The molecule has 10 nitrogen and oxygen atoms in total. The number of carbonyl (C=O) groups is 2. The summed E-state index contributed by atoms with van der Waals surface area (Å²) < 4.78 is 32.5. The molecular formula is C23H27N5O5S2. The van der Waals surface area contributed by atoms with Gasteiger partial charge in [-0.05, 0) is 42.8 Å². The molecule has 0 unspecified atom stereocenters. The third-order valence-electron chi connectivity index (χ3n) is 4.87. The van der Waals surface area contributed by atoms with Gasteiger partial charge in [-0.2, -0.15) is 0 Å². The number of benzene rings is 2. The lowest BCUT2D eigenvalue weighted by Gasteiger charge is -2.08. The molecule has 2 amide bonds. The molecule has 0 bridgehead atoms. The summed E-state index contributed by atoms with van der Waals surface area (Å²) in [7, 11) is -2.16. The Morgan fingerprint density at radius 2 is 1.74 bits per heavy atom. The van der Waals surface area contributed by atoms with Crippen LogP contribution in [0.5, 0.6) is 5.75 Å². The quantitative estimate of drug-likeness (QED) is 0.314. The van der Waals surface area contributed by atoms with Crippen molar-refractivity contribution in [3.8, 4) is 5.75 Å². The second kappa shape index (κ2) is 12.4. The van der Waals surface area contributed by atoms with E-state index in [1.54, 1.807) is 24.3 Å². The molecule has 0 atom stereocenters. The van der Waals surface area contributed by atoms with Gasteiger partial charge in [-0.1, -0.05) is 36.8 Å². The van der Waals surface area contributed by atoms with Crippen LogP contribution in [-0.2, 0) is 16.4 Å². The molecule has 3 aromatic rings. The SMILES string of the molecule is CCCCNS(=O)(=O)c1cccc(C(=O)Nc2nnc(CCNC(=O)c3cccc(OC)c3)s2)c1. The van der Waals surface area contributed by atoms with Gasteiger partial charge in [-0.25, -0.2) is 13.1 Å². The molecule has 2 aromatic carbocycles. The summed E-state index contributed by atoms with van der Waals surface area (Å²) in [6, 6.07) is 12.6. The molecule has 3 rings (SSSR count). The van der Waals surface area contributed by atoms with Crippen molar-refractivity contribution in [3.63, 3.8) is 0 Å². The number of nitrogens with one attached hydrogen (secondary N) is 3. The fraction of sp³-hybridized carbons (Fsp3) is 0.304. The highest BCUT2D eigenvalue weighted by Gasteiger charge is 2.17. The number of sulfonamides is 1. The zero-order chi connectivity index (χ0) is 25.3. The maximum absolute atomic E-state index is 12.6. The first-order valence-electron chi connectivity index (χ1n) is 11.0. The molecule has 0 aliphatic carbocycles. The van der Waals surface area contributed by atoms with Gasteiger partial charge >= 0.3 is 0 Å². The summed E-state index contributed by atoms with van der Waals surface area (Å²) in [6.07, 6.45) is 2.02. The highest BCUT2D eigenvalue weighted by atomic mass is 32.2. The van der Waals surface area contributed by atoms with Crippen LogP contribution in [0.2, 0.25) is 0 Å². The molecule has 0 spiro atoms. The van der Waals surface area contributed by atoms with Crippen molar-refractivity contribution in [2.45, 2.75) is 31.1 Å². The van der Waals surface area contributed by atoms with Crippen molar-refractivity contribution in [3.05, 3.63) is 64.7 Å². The van der Waals surface area contributed by atoms with E-state index in [0.29, 0.717) is 35.8 Å². The van der Waals surface area contributed by atoms with Crippen molar-refractivity contribution >= 4 is 38.3 Å². The van der Waals surface area contributed by atoms with E-state index < -0.39 is 15.9 Å². The number of hydrogen-bond donors (Lipinski definition) is 3. The lowest BCUT2D eigenvalue weighted by atomic mass is 10.2. The highest BCUT2D eigenvalue weighted by Crippen LogP contribution is 2.18. The summed E-state index contributed by atoms with van der Waals surface area (Å²) in [5.74, 6) is -0.136.